The van der Waals surface area contributed by atoms with Crippen LogP contribution in [-0.4, -0.2) is 58.6 Å². The number of nitrogens with one attached hydrogen (secondary N) is 1. The molecule has 1 N–H and O–H groups in total. The van der Waals surface area contributed by atoms with Crippen molar-refractivity contribution in [2.75, 3.05) is 20.1 Å². The molecule has 2 aliphatic rings. The molecule has 0 radical (unpaired) electrons. The molecule has 1 aromatic carbocycles. The average Bonchev–Trinajstić information content (AvgIpc) is 3.40. The van der Waals surface area contributed by atoms with Gasteiger partial charge < -0.3 is 19.7 Å². The number of hydrogen-bond acceptors (Lipinski definition) is 6. The van der Waals surface area contributed by atoms with E-state index in [1.165, 1.54) is 35.0 Å². The molecular weight excluding hydrogens is 448 g/mol. The number of nitrogens with zero attached hydrogens (tertiary/aromatic N) is 4. The van der Waals surface area contributed by atoms with Crippen molar-refractivity contribution in [1.82, 2.24) is 20.0 Å². The lowest BCUT2D eigenvalue weighted by atomic mass is 10.0. The fraction of sp³-hybridized carbons (Fsp3) is 0.478. The number of alkyl halides is 1. The van der Waals surface area contributed by atoms with E-state index in [0.717, 1.165) is 18.9 Å². The van der Waals surface area contributed by atoms with Crippen molar-refractivity contribution in [2.24, 2.45) is 0 Å². The molecule has 2 amide bonds. The van der Waals surface area contributed by atoms with Crippen molar-refractivity contribution < 1.29 is 27.8 Å². The third-order valence-electron chi connectivity index (χ3n) is 6.15. The fourth-order valence-electron chi connectivity index (χ4n) is 3.82. The largest absolute Gasteiger partial charge is 0.486 e. The first-order valence-electron chi connectivity index (χ1n) is 11.0. The van der Waals surface area contributed by atoms with Gasteiger partial charge >= 0.3 is 6.09 Å². The van der Waals surface area contributed by atoms with E-state index < -0.39 is 35.6 Å². The molecular formula is C23H25F2N5O4. The van der Waals surface area contributed by atoms with E-state index in [9.17, 15) is 19.2 Å². The van der Waals surface area contributed by atoms with Gasteiger partial charge in [-0.15, -0.1) is 0 Å². The van der Waals surface area contributed by atoms with Crippen LogP contribution >= 0.6 is 0 Å². The monoisotopic (exact) mass is 473 g/mol. The highest BCUT2D eigenvalue weighted by molar-refractivity contribution is 5.94. The Morgan fingerprint density at radius 3 is 2.76 bits per heavy atom. The third kappa shape index (κ3) is 4.81. The molecule has 1 saturated heterocycles. The van der Waals surface area contributed by atoms with Gasteiger partial charge in [-0.2, -0.15) is 10.4 Å². The highest BCUT2D eigenvalue weighted by atomic mass is 19.1. The van der Waals surface area contributed by atoms with E-state index >= 15 is 4.39 Å². The molecule has 2 heterocycles. The minimum Gasteiger partial charge on any atom is -0.486 e. The van der Waals surface area contributed by atoms with E-state index in [1.807, 2.05) is 13.0 Å². The predicted octanol–water partition coefficient (Wildman–Crippen LogP) is 3.11. The summed E-state index contributed by atoms with van der Waals surface area (Å²) < 4.78 is 41.5. The first-order chi connectivity index (χ1) is 16.2. The number of benzene rings is 1. The number of carbonyl (C=O) groups is 2. The van der Waals surface area contributed by atoms with Gasteiger partial charge in [0.2, 0.25) is 0 Å². The second kappa shape index (κ2) is 9.29. The Balaban J connectivity index is 1.41. The Labute approximate surface area is 195 Å². The summed E-state index contributed by atoms with van der Waals surface area (Å²) in [5.74, 6) is -1.25. The number of halogens is 2. The van der Waals surface area contributed by atoms with E-state index in [0.29, 0.717) is 5.56 Å². The smallest absolute Gasteiger partial charge is 0.410 e. The molecule has 1 saturated carbocycles. The van der Waals surface area contributed by atoms with Crippen molar-refractivity contribution in [3.8, 4) is 11.8 Å². The molecule has 2 fully saturated rings. The lowest BCUT2D eigenvalue weighted by Crippen LogP contribution is -2.47. The normalized spacial score (nSPS) is 20.9. The molecule has 2 unspecified atom stereocenters. The highest BCUT2D eigenvalue weighted by Gasteiger charge is 2.44. The second-order valence-electron chi connectivity index (χ2n) is 8.72. The summed E-state index contributed by atoms with van der Waals surface area (Å²) in [5.41, 5.74) is 0.185. The molecule has 9 nitrogen and oxygen atoms in total. The Bertz CT molecular complexity index is 1140. The standard InChI is InChI=1S/C23H25F2N5O4/c1-23(6-7-23)34-22(32)29-8-5-18(17(25)12-29)30-19(10-26)15(11-28-30)13-33-20-4-3-14(9-16(20)24)21(31)27-2/h3-4,9,11,17-18H,5-8,12-13H2,1-2H3,(H,27,31). The van der Waals surface area contributed by atoms with Crippen LogP contribution < -0.4 is 10.1 Å². The van der Waals surface area contributed by atoms with E-state index in [-0.39, 0.29) is 43.1 Å². The zero-order chi connectivity index (χ0) is 24.5. The molecule has 1 aliphatic carbocycles. The Morgan fingerprint density at radius 1 is 1.38 bits per heavy atom. The number of amides is 2. The number of rotatable bonds is 6. The number of nitriles is 1. The zero-order valence-corrected chi connectivity index (χ0v) is 18.9. The lowest BCUT2D eigenvalue weighted by molar-refractivity contribution is 0.0292. The first kappa shape index (κ1) is 23.5. The average molecular weight is 473 g/mol. The van der Waals surface area contributed by atoms with Gasteiger partial charge in [-0.25, -0.2) is 18.3 Å². The number of hydrogen-bond donors (Lipinski definition) is 1. The Morgan fingerprint density at radius 2 is 2.15 bits per heavy atom. The van der Waals surface area contributed by atoms with Crippen molar-refractivity contribution in [2.45, 2.75) is 50.6 Å². The number of ether oxygens (including phenoxy) is 2. The van der Waals surface area contributed by atoms with E-state index in [2.05, 4.69) is 10.4 Å². The van der Waals surface area contributed by atoms with Crippen LogP contribution in [0.3, 0.4) is 0 Å². The van der Waals surface area contributed by atoms with Crippen molar-refractivity contribution in [3.05, 3.63) is 47.0 Å². The lowest BCUT2D eigenvalue weighted by Gasteiger charge is -2.34. The molecule has 2 atom stereocenters. The first-order valence-corrected chi connectivity index (χ1v) is 11.0. The molecule has 180 valence electrons. The highest BCUT2D eigenvalue weighted by Crippen LogP contribution is 2.39. The minimum absolute atomic E-state index is 0.0937. The predicted molar refractivity (Wildman–Crippen MR) is 115 cm³/mol. The van der Waals surface area contributed by atoms with Gasteiger partial charge in [0.1, 0.15) is 30.1 Å². The van der Waals surface area contributed by atoms with E-state index in [4.69, 9.17) is 9.47 Å². The fourth-order valence-corrected chi connectivity index (χ4v) is 3.82. The number of aromatic nitrogens is 2. The third-order valence-corrected chi connectivity index (χ3v) is 6.15. The Hall–Kier alpha value is -3.68. The molecule has 2 aromatic rings. The maximum absolute atomic E-state index is 15.0. The summed E-state index contributed by atoms with van der Waals surface area (Å²) in [6.45, 7) is 1.80. The summed E-state index contributed by atoms with van der Waals surface area (Å²) in [4.78, 5) is 25.2. The molecule has 0 spiro atoms. The molecule has 1 aliphatic heterocycles. The molecule has 4 rings (SSSR count). The second-order valence-corrected chi connectivity index (χ2v) is 8.72. The van der Waals surface area contributed by atoms with Gasteiger partial charge in [0, 0.05) is 24.7 Å². The summed E-state index contributed by atoms with van der Waals surface area (Å²) in [5, 5.41) is 16.2. The molecule has 0 bridgehead atoms. The van der Waals surface area contributed by atoms with Crippen LogP contribution in [0.5, 0.6) is 5.75 Å². The molecule has 11 heteroatoms. The summed E-state index contributed by atoms with van der Waals surface area (Å²) in [7, 11) is 1.44. The maximum atomic E-state index is 15.0. The van der Waals surface area contributed by atoms with Crippen LogP contribution in [0.1, 0.15) is 53.8 Å². The zero-order valence-electron chi connectivity index (χ0n) is 18.9. The van der Waals surface area contributed by atoms with Gasteiger partial charge in [0.25, 0.3) is 5.91 Å². The summed E-state index contributed by atoms with van der Waals surface area (Å²) >= 11 is 0. The SMILES string of the molecule is CNC(=O)c1ccc(OCc2cnn(C3CCN(C(=O)OC4(C)CC4)CC3F)c2C#N)c(F)c1. The quantitative estimate of drug-likeness (QED) is 0.691. The van der Waals surface area contributed by atoms with Gasteiger partial charge in [-0.05, 0) is 44.4 Å². The van der Waals surface area contributed by atoms with Crippen LogP contribution in [0, 0.1) is 17.1 Å². The maximum Gasteiger partial charge on any atom is 0.410 e. The van der Waals surface area contributed by atoms with Gasteiger partial charge in [-0.3, -0.25) is 4.79 Å². The van der Waals surface area contributed by atoms with Crippen molar-refractivity contribution in [1.29, 1.82) is 5.26 Å². The van der Waals surface area contributed by atoms with Crippen LogP contribution in [0.2, 0.25) is 0 Å². The number of likely N-dealkylation sites (tertiary alicyclic amines) is 1. The van der Waals surface area contributed by atoms with Crippen LogP contribution in [-0.2, 0) is 11.3 Å². The van der Waals surface area contributed by atoms with E-state index in [1.54, 1.807) is 0 Å². The van der Waals surface area contributed by atoms with Crippen molar-refractivity contribution in [3.63, 3.8) is 0 Å². The van der Waals surface area contributed by atoms with Crippen LogP contribution in [0.15, 0.2) is 24.4 Å². The van der Waals surface area contributed by atoms with Gasteiger partial charge in [-0.1, -0.05) is 0 Å². The van der Waals surface area contributed by atoms with Crippen LogP contribution in [0.25, 0.3) is 0 Å². The topological polar surface area (TPSA) is 109 Å². The Kier molecular flexibility index (Phi) is 6.41. The van der Waals surface area contributed by atoms with Gasteiger partial charge in [0.15, 0.2) is 11.6 Å². The van der Waals surface area contributed by atoms with Crippen molar-refractivity contribution >= 4 is 12.0 Å². The van der Waals surface area contributed by atoms with Gasteiger partial charge in [0.05, 0.1) is 18.8 Å². The molecule has 34 heavy (non-hydrogen) atoms. The summed E-state index contributed by atoms with van der Waals surface area (Å²) in [6.07, 6.45) is 1.29. The molecule has 1 aromatic heterocycles. The van der Waals surface area contributed by atoms with Crippen LogP contribution in [0.4, 0.5) is 13.6 Å². The number of piperidine rings is 1. The number of carbonyl (C=O) groups excluding carboxylic acids is 2. The minimum atomic E-state index is -1.44. The summed E-state index contributed by atoms with van der Waals surface area (Å²) in [6, 6.07) is 5.09.